The van der Waals surface area contributed by atoms with E-state index in [9.17, 15) is 13.2 Å². The maximum atomic E-state index is 12.5. The van der Waals surface area contributed by atoms with Crippen molar-refractivity contribution in [3.8, 4) is 0 Å². The number of hydrogen-bond acceptors (Lipinski definition) is 8. The molecule has 0 N–H and O–H groups in total. The van der Waals surface area contributed by atoms with Crippen molar-refractivity contribution in [2.45, 2.75) is 37.7 Å². The fourth-order valence-corrected chi connectivity index (χ4v) is 4.16. The van der Waals surface area contributed by atoms with E-state index >= 15 is 0 Å². The third-order valence-corrected chi connectivity index (χ3v) is 6.11. The second-order valence-electron chi connectivity index (χ2n) is 5.93. The number of piperidine rings is 1. The van der Waals surface area contributed by atoms with Crippen LogP contribution in [0.2, 0.25) is 0 Å². The zero-order valence-corrected chi connectivity index (χ0v) is 15.2. The molecule has 3 heterocycles. The monoisotopic (exact) mass is 380 g/mol. The third kappa shape index (κ3) is 4.07. The SMILES string of the molecule is CCc1noc(COC(=O)C2CCN(S(=O)(=O)c3cccnc3)CC2)n1. The van der Waals surface area contributed by atoms with Gasteiger partial charge in [-0.1, -0.05) is 12.1 Å². The Hall–Kier alpha value is -2.33. The maximum absolute atomic E-state index is 12.5. The Balaban J connectivity index is 1.52. The zero-order valence-electron chi connectivity index (χ0n) is 14.4. The molecule has 0 saturated carbocycles. The van der Waals surface area contributed by atoms with Gasteiger partial charge in [-0.25, -0.2) is 8.42 Å². The Morgan fingerprint density at radius 2 is 2.15 bits per heavy atom. The van der Waals surface area contributed by atoms with Crippen LogP contribution in [-0.2, 0) is 32.6 Å². The average molecular weight is 380 g/mol. The lowest BCUT2D eigenvalue weighted by atomic mass is 9.98. The fourth-order valence-electron chi connectivity index (χ4n) is 2.72. The number of carbonyl (C=O) groups excluding carboxylic acids is 1. The highest BCUT2D eigenvalue weighted by atomic mass is 32.2. The summed E-state index contributed by atoms with van der Waals surface area (Å²) in [5.41, 5.74) is 0. The van der Waals surface area contributed by atoms with E-state index in [1.165, 1.54) is 22.8 Å². The number of ether oxygens (including phenoxy) is 1. The van der Waals surface area contributed by atoms with Crippen LogP contribution in [0.25, 0.3) is 0 Å². The van der Waals surface area contributed by atoms with Gasteiger partial charge in [-0.15, -0.1) is 0 Å². The Kier molecular flexibility index (Phi) is 5.62. The quantitative estimate of drug-likeness (QED) is 0.686. The van der Waals surface area contributed by atoms with Crippen LogP contribution in [-0.4, -0.2) is 46.9 Å². The van der Waals surface area contributed by atoms with E-state index in [2.05, 4.69) is 15.1 Å². The first kappa shape index (κ1) is 18.5. The minimum absolute atomic E-state index is 0.0694. The summed E-state index contributed by atoms with van der Waals surface area (Å²) in [5.74, 6) is 0.0975. The molecule has 1 aliphatic rings. The summed E-state index contributed by atoms with van der Waals surface area (Å²) in [6.45, 7) is 2.35. The van der Waals surface area contributed by atoms with Crippen molar-refractivity contribution in [2.75, 3.05) is 13.1 Å². The van der Waals surface area contributed by atoms with Crippen molar-refractivity contribution in [3.63, 3.8) is 0 Å². The van der Waals surface area contributed by atoms with Crippen molar-refractivity contribution < 1.29 is 22.5 Å². The molecule has 2 aromatic heterocycles. The third-order valence-electron chi connectivity index (χ3n) is 4.22. The first-order valence-corrected chi connectivity index (χ1v) is 9.83. The normalized spacial score (nSPS) is 16.5. The molecule has 0 radical (unpaired) electrons. The Labute approximate surface area is 151 Å². The highest BCUT2D eigenvalue weighted by molar-refractivity contribution is 7.89. The van der Waals surface area contributed by atoms with E-state index in [0.29, 0.717) is 25.1 Å². The standard InChI is InChI=1S/C16H20N4O5S/c1-2-14-18-15(25-19-14)11-24-16(21)12-5-8-20(9-6-12)26(22,23)13-4-3-7-17-10-13/h3-4,7,10,12H,2,5-6,8-9,11H2,1H3. The van der Waals surface area contributed by atoms with Gasteiger partial charge < -0.3 is 9.26 Å². The summed E-state index contributed by atoms with van der Waals surface area (Å²) in [6.07, 6.45) is 4.30. The number of aromatic nitrogens is 3. The van der Waals surface area contributed by atoms with Gasteiger partial charge in [0, 0.05) is 31.9 Å². The Morgan fingerprint density at radius 3 is 2.77 bits per heavy atom. The number of esters is 1. The molecular formula is C16H20N4O5S. The van der Waals surface area contributed by atoms with Crippen LogP contribution < -0.4 is 0 Å². The molecule has 0 unspecified atom stereocenters. The largest absolute Gasteiger partial charge is 0.455 e. The van der Waals surface area contributed by atoms with Gasteiger partial charge in [0.25, 0.3) is 5.89 Å². The van der Waals surface area contributed by atoms with Crippen molar-refractivity contribution in [3.05, 3.63) is 36.2 Å². The van der Waals surface area contributed by atoms with Gasteiger partial charge in [0.2, 0.25) is 10.0 Å². The molecule has 9 nitrogen and oxygen atoms in total. The zero-order chi connectivity index (χ0) is 18.6. The first-order chi connectivity index (χ1) is 12.5. The van der Waals surface area contributed by atoms with Crippen LogP contribution in [0.5, 0.6) is 0 Å². The number of pyridine rings is 1. The van der Waals surface area contributed by atoms with Crippen LogP contribution in [0.3, 0.4) is 0 Å². The number of nitrogens with zero attached hydrogens (tertiary/aromatic N) is 4. The van der Waals surface area contributed by atoms with E-state index in [-0.39, 0.29) is 42.4 Å². The second-order valence-corrected chi connectivity index (χ2v) is 7.87. The molecule has 1 saturated heterocycles. The lowest BCUT2D eigenvalue weighted by Crippen LogP contribution is -2.40. The first-order valence-electron chi connectivity index (χ1n) is 8.39. The molecule has 26 heavy (non-hydrogen) atoms. The van der Waals surface area contributed by atoms with Gasteiger partial charge >= 0.3 is 5.97 Å². The van der Waals surface area contributed by atoms with Gasteiger partial charge in [0.1, 0.15) is 4.90 Å². The van der Waals surface area contributed by atoms with E-state index < -0.39 is 10.0 Å². The highest BCUT2D eigenvalue weighted by Gasteiger charge is 2.33. The molecule has 1 aliphatic heterocycles. The lowest BCUT2D eigenvalue weighted by molar-refractivity contribution is -0.152. The summed E-state index contributed by atoms with van der Waals surface area (Å²) in [5, 5.41) is 3.74. The van der Waals surface area contributed by atoms with Crippen LogP contribution in [0.4, 0.5) is 0 Å². The summed E-state index contributed by atoms with van der Waals surface area (Å²) < 4.78 is 36.7. The van der Waals surface area contributed by atoms with Crippen molar-refractivity contribution in [2.24, 2.45) is 5.92 Å². The molecule has 0 aromatic carbocycles. The molecule has 0 aliphatic carbocycles. The molecular weight excluding hydrogens is 360 g/mol. The van der Waals surface area contributed by atoms with Gasteiger partial charge in [-0.2, -0.15) is 9.29 Å². The molecule has 140 valence electrons. The van der Waals surface area contributed by atoms with Crippen LogP contribution >= 0.6 is 0 Å². The Bertz CT molecular complexity index is 845. The van der Waals surface area contributed by atoms with E-state index in [1.54, 1.807) is 6.07 Å². The summed E-state index contributed by atoms with van der Waals surface area (Å²) in [7, 11) is -3.58. The van der Waals surface area contributed by atoms with Crippen molar-refractivity contribution in [1.29, 1.82) is 0 Å². The van der Waals surface area contributed by atoms with Gasteiger partial charge in [-0.05, 0) is 25.0 Å². The molecule has 2 aromatic rings. The van der Waals surface area contributed by atoms with Crippen LogP contribution in [0, 0.1) is 5.92 Å². The van der Waals surface area contributed by atoms with Crippen molar-refractivity contribution in [1.82, 2.24) is 19.4 Å². The van der Waals surface area contributed by atoms with Gasteiger partial charge in [-0.3, -0.25) is 9.78 Å². The lowest BCUT2D eigenvalue weighted by Gasteiger charge is -2.29. The van der Waals surface area contributed by atoms with Crippen LogP contribution in [0.15, 0.2) is 33.9 Å². The molecule has 3 rings (SSSR count). The molecule has 0 spiro atoms. The Morgan fingerprint density at radius 1 is 1.38 bits per heavy atom. The highest BCUT2D eigenvalue weighted by Crippen LogP contribution is 2.24. The smallest absolute Gasteiger partial charge is 0.309 e. The number of carbonyl (C=O) groups is 1. The number of hydrogen-bond donors (Lipinski definition) is 0. The molecule has 0 atom stereocenters. The minimum Gasteiger partial charge on any atom is -0.455 e. The maximum Gasteiger partial charge on any atom is 0.309 e. The van der Waals surface area contributed by atoms with E-state index in [4.69, 9.17) is 9.26 Å². The van der Waals surface area contributed by atoms with E-state index in [1.807, 2.05) is 6.92 Å². The number of aryl methyl sites for hydroxylation is 1. The minimum atomic E-state index is -3.58. The van der Waals surface area contributed by atoms with Gasteiger partial charge in [0.05, 0.1) is 5.92 Å². The number of sulfonamides is 1. The van der Waals surface area contributed by atoms with E-state index in [0.717, 1.165) is 0 Å². The van der Waals surface area contributed by atoms with Crippen molar-refractivity contribution >= 4 is 16.0 Å². The number of rotatable bonds is 6. The predicted octanol–water partition coefficient (Wildman–Crippen LogP) is 1.17. The predicted molar refractivity (Wildman–Crippen MR) is 89.2 cm³/mol. The fraction of sp³-hybridized carbons (Fsp3) is 0.500. The second kappa shape index (κ2) is 7.92. The topological polar surface area (TPSA) is 115 Å². The molecule has 10 heteroatoms. The molecule has 0 amide bonds. The molecule has 1 fully saturated rings. The molecule has 0 bridgehead atoms. The average Bonchev–Trinajstić information content (AvgIpc) is 3.15. The van der Waals surface area contributed by atoms with Crippen LogP contribution in [0.1, 0.15) is 31.5 Å². The summed E-state index contributed by atoms with van der Waals surface area (Å²) in [4.78, 5) is 20.3. The summed E-state index contributed by atoms with van der Waals surface area (Å²) >= 11 is 0. The van der Waals surface area contributed by atoms with Gasteiger partial charge in [0.15, 0.2) is 12.4 Å². The summed E-state index contributed by atoms with van der Waals surface area (Å²) in [6, 6.07) is 3.09.